The summed E-state index contributed by atoms with van der Waals surface area (Å²) in [7, 11) is 0. The van der Waals surface area contributed by atoms with E-state index >= 15 is 0 Å². The third-order valence-corrected chi connectivity index (χ3v) is 5.10. The number of likely N-dealkylation sites (tertiary alicyclic amines) is 1. The molecule has 4 rings (SSSR count). The maximum Gasteiger partial charge on any atom is 0.222 e. The lowest BCUT2D eigenvalue weighted by Crippen LogP contribution is -2.51. The van der Waals surface area contributed by atoms with Crippen LogP contribution in [0.15, 0.2) is 36.5 Å². The minimum Gasteiger partial charge on any atom is -0.372 e. The molecule has 0 saturated carbocycles. The van der Waals surface area contributed by atoms with E-state index in [1.165, 1.54) is 11.8 Å². The van der Waals surface area contributed by atoms with Crippen molar-refractivity contribution in [2.24, 2.45) is 0 Å². The molecule has 2 aliphatic rings. The number of halogens is 1. The summed E-state index contributed by atoms with van der Waals surface area (Å²) < 4.78 is 15.8. The van der Waals surface area contributed by atoms with Crippen LogP contribution in [0.5, 0.6) is 0 Å². The number of piperidine rings is 1. The summed E-state index contributed by atoms with van der Waals surface area (Å²) in [4.78, 5) is 13.9. The van der Waals surface area contributed by atoms with E-state index in [1.54, 1.807) is 6.07 Å². The first-order chi connectivity index (χ1) is 11.1. The van der Waals surface area contributed by atoms with Gasteiger partial charge in [0.2, 0.25) is 5.91 Å². The van der Waals surface area contributed by atoms with E-state index in [0.29, 0.717) is 6.42 Å². The van der Waals surface area contributed by atoms with Crippen molar-refractivity contribution in [1.29, 1.82) is 0 Å². The Hall–Kier alpha value is -2.30. The summed E-state index contributed by atoms with van der Waals surface area (Å²) >= 11 is 0. The van der Waals surface area contributed by atoms with E-state index in [2.05, 4.69) is 16.0 Å². The molecule has 1 fully saturated rings. The van der Waals surface area contributed by atoms with Gasteiger partial charge in [-0.05, 0) is 43.2 Å². The Labute approximate surface area is 134 Å². The lowest BCUT2D eigenvalue weighted by atomic mass is 9.82. The Bertz CT molecular complexity index is 759. The summed E-state index contributed by atoms with van der Waals surface area (Å²) in [5, 5.41) is 3.57. The van der Waals surface area contributed by atoms with Gasteiger partial charge in [-0.15, -0.1) is 0 Å². The summed E-state index contributed by atoms with van der Waals surface area (Å²) in [6.45, 7) is 3.36. The standard InChI is InChI=1S/C18H20FN3O/c1-2-17(23)21-10-7-18(8-11-21)16-4-3-9-22(16)15-6-5-13(19)12-14(15)20-18/h3-6,9,12,20H,2,7-8,10-11H2,1H3. The number of rotatable bonds is 1. The number of anilines is 1. The summed E-state index contributed by atoms with van der Waals surface area (Å²) in [6.07, 6.45) is 4.24. The molecule has 1 saturated heterocycles. The van der Waals surface area contributed by atoms with Crippen LogP contribution >= 0.6 is 0 Å². The second-order valence-corrected chi connectivity index (χ2v) is 6.37. The van der Waals surface area contributed by atoms with Crippen LogP contribution in [0.1, 0.15) is 31.9 Å². The highest BCUT2D eigenvalue weighted by molar-refractivity contribution is 5.76. The predicted molar refractivity (Wildman–Crippen MR) is 87.1 cm³/mol. The fraction of sp³-hybridized carbons (Fsp3) is 0.389. The Morgan fingerprint density at radius 2 is 2.09 bits per heavy atom. The van der Waals surface area contributed by atoms with Crippen LogP contribution in [0, 0.1) is 5.82 Å². The molecule has 5 heteroatoms. The highest BCUT2D eigenvalue weighted by atomic mass is 19.1. The SMILES string of the molecule is CCC(=O)N1CCC2(CC1)Nc1cc(F)ccc1-n1cccc12. The predicted octanol–water partition coefficient (Wildman–Crippen LogP) is 3.27. The van der Waals surface area contributed by atoms with E-state index in [-0.39, 0.29) is 17.3 Å². The van der Waals surface area contributed by atoms with Gasteiger partial charge in [-0.3, -0.25) is 4.79 Å². The molecule has 0 unspecified atom stereocenters. The number of hydrogen-bond acceptors (Lipinski definition) is 2. The van der Waals surface area contributed by atoms with Crippen molar-refractivity contribution in [1.82, 2.24) is 9.47 Å². The van der Waals surface area contributed by atoms with Crippen molar-refractivity contribution in [3.8, 4) is 5.69 Å². The van der Waals surface area contributed by atoms with E-state index in [9.17, 15) is 9.18 Å². The molecule has 0 aliphatic carbocycles. The van der Waals surface area contributed by atoms with Gasteiger partial charge in [-0.25, -0.2) is 4.39 Å². The first kappa shape index (κ1) is 14.3. The molecule has 0 atom stereocenters. The van der Waals surface area contributed by atoms with E-state index in [1.807, 2.05) is 30.2 Å². The van der Waals surface area contributed by atoms with Crippen molar-refractivity contribution in [2.75, 3.05) is 18.4 Å². The molecule has 0 bridgehead atoms. The van der Waals surface area contributed by atoms with Gasteiger partial charge < -0.3 is 14.8 Å². The molecule has 2 aromatic rings. The summed E-state index contributed by atoms with van der Waals surface area (Å²) in [6, 6.07) is 9.01. The van der Waals surface area contributed by atoms with Crippen LogP contribution in [0.25, 0.3) is 5.69 Å². The van der Waals surface area contributed by atoms with Gasteiger partial charge in [0.05, 0.1) is 16.9 Å². The summed E-state index contributed by atoms with van der Waals surface area (Å²) in [5.74, 6) is -0.0295. The number of carbonyl (C=O) groups excluding carboxylic acids is 1. The van der Waals surface area contributed by atoms with Crippen LogP contribution in [0.3, 0.4) is 0 Å². The lowest BCUT2D eigenvalue weighted by Gasteiger charge is -2.46. The molecule has 120 valence electrons. The number of benzene rings is 1. The van der Waals surface area contributed by atoms with Crippen LogP contribution in [-0.4, -0.2) is 28.5 Å². The molecule has 1 aromatic heterocycles. The fourth-order valence-corrected chi connectivity index (χ4v) is 3.86. The highest BCUT2D eigenvalue weighted by Crippen LogP contribution is 2.43. The van der Waals surface area contributed by atoms with Gasteiger partial charge in [-0.2, -0.15) is 0 Å². The zero-order valence-electron chi connectivity index (χ0n) is 13.2. The number of carbonyl (C=O) groups is 1. The second kappa shape index (κ2) is 5.11. The van der Waals surface area contributed by atoms with Crippen molar-refractivity contribution >= 4 is 11.6 Å². The first-order valence-electron chi connectivity index (χ1n) is 8.17. The van der Waals surface area contributed by atoms with Gasteiger partial charge in [0, 0.05) is 31.4 Å². The van der Waals surface area contributed by atoms with Gasteiger partial charge in [0.15, 0.2) is 0 Å². The lowest BCUT2D eigenvalue weighted by molar-refractivity contribution is -0.132. The Kier molecular flexibility index (Phi) is 3.18. The molecule has 0 radical (unpaired) electrons. The molecular formula is C18H20FN3O. The average Bonchev–Trinajstić information content (AvgIpc) is 3.05. The Morgan fingerprint density at radius 1 is 1.30 bits per heavy atom. The smallest absolute Gasteiger partial charge is 0.222 e. The van der Waals surface area contributed by atoms with Crippen molar-refractivity contribution in [2.45, 2.75) is 31.7 Å². The van der Waals surface area contributed by atoms with Gasteiger partial charge in [0.1, 0.15) is 5.82 Å². The number of aromatic nitrogens is 1. The first-order valence-corrected chi connectivity index (χ1v) is 8.17. The quantitative estimate of drug-likeness (QED) is 0.877. The second-order valence-electron chi connectivity index (χ2n) is 6.37. The van der Waals surface area contributed by atoms with Crippen LogP contribution in [0.2, 0.25) is 0 Å². The molecule has 3 heterocycles. The molecule has 2 aliphatic heterocycles. The normalized spacial score (nSPS) is 18.3. The van der Waals surface area contributed by atoms with Crippen LogP contribution < -0.4 is 5.32 Å². The molecular weight excluding hydrogens is 293 g/mol. The van der Waals surface area contributed by atoms with Gasteiger partial charge in [-0.1, -0.05) is 6.92 Å². The molecule has 1 N–H and O–H groups in total. The van der Waals surface area contributed by atoms with Gasteiger partial charge in [0.25, 0.3) is 0 Å². The topological polar surface area (TPSA) is 37.3 Å². The van der Waals surface area contributed by atoms with Crippen molar-refractivity contribution in [3.05, 3.63) is 48.0 Å². The maximum atomic E-state index is 13.7. The Balaban J connectivity index is 1.71. The van der Waals surface area contributed by atoms with Crippen LogP contribution in [0.4, 0.5) is 10.1 Å². The highest BCUT2D eigenvalue weighted by Gasteiger charge is 2.42. The number of nitrogens with one attached hydrogen (secondary N) is 1. The third kappa shape index (κ3) is 2.14. The zero-order valence-corrected chi connectivity index (χ0v) is 13.2. The molecule has 1 spiro atoms. The monoisotopic (exact) mass is 313 g/mol. The molecule has 4 nitrogen and oxygen atoms in total. The summed E-state index contributed by atoms with van der Waals surface area (Å²) in [5.41, 5.74) is 2.77. The van der Waals surface area contributed by atoms with E-state index < -0.39 is 0 Å². The third-order valence-electron chi connectivity index (χ3n) is 5.10. The van der Waals surface area contributed by atoms with Gasteiger partial charge >= 0.3 is 0 Å². The number of hydrogen-bond donors (Lipinski definition) is 1. The maximum absolute atomic E-state index is 13.7. The largest absolute Gasteiger partial charge is 0.372 e. The molecule has 1 amide bonds. The van der Waals surface area contributed by atoms with Crippen molar-refractivity contribution in [3.63, 3.8) is 0 Å². The average molecular weight is 313 g/mol. The molecule has 23 heavy (non-hydrogen) atoms. The minimum absolute atomic E-state index is 0.206. The zero-order chi connectivity index (χ0) is 16.0. The van der Waals surface area contributed by atoms with Crippen molar-refractivity contribution < 1.29 is 9.18 Å². The number of nitrogens with zero attached hydrogens (tertiary/aromatic N) is 2. The minimum atomic E-state index is -0.236. The Morgan fingerprint density at radius 3 is 2.83 bits per heavy atom. The van der Waals surface area contributed by atoms with E-state index in [4.69, 9.17) is 0 Å². The molecule has 1 aromatic carbocycles. The number of amides is 1. The van der Waals surface area contributed by atoms with E-state index in [0.717, 1.165) is 37.3 Å². The van der Waals surface area contributed by atoms with Crippen LogP contribution in [-0.2, 0) is 10.3 Å². The number of fused-ring (bicyclic) bond motifs is 4. The fourth-order valence-electron chi connectivity index (χ4n) is 3.86.